The van der Waals surface area contributed by atoms with Gasteiger partial charge in [0.1, 0.15) is 11.3 Å². The van der Waals surface area contributed by atoms with Gasteiger partial charge in [-0.05, 0) is 30.3 Å². The number of fused-ring (bicyclic) bond motifs is 1. The van der Waals surface area contributed by atoms with Crippen LogP contribution in [0.1, 0.15) is 15.9 Å². The molecule has 0 aliphatic carbocycles. The molecule has 0 spiro atoms. The van der Waals surface area contributed by atoms with Crippen molar-refractivity contribution in [2.45, 2.75) is 6.36 Å². The first-order valence-electron chi connectivity index (χ1n) is 6.21. The summed E-state index contributed by atoms with van der Waals surface area (Å²) in [6.07, 6.45) is -4.79. The summed E-state index contributed by atoms with van der Waals surface area (Å²) in [4.78, 5) is 12.2. The molecule has 7 heteroatoms. The van der Waals surface area contributed by atoms with Crippen molar-refractivity contribution in [3.05, 3.63) is 64.9 Å². The lowest BCUT2D eigenvalue weighted by atomic mass is 10.0. The second-order valence-corrected chi connectivity index (χ2v) is 4.56. The van der Waals surface area contributed by atoms with Gasteiger partial charge in [0.2, 0.25) is 5.69 Å². The maximum absolute atomic E-state index is 12.2. The summed E-state index contributed by atoms with van der Waals surface area (Å²) >= 11 is 0. The Balaban J connectivity index is 1.96. The number of nitrogens with zero attached hydrogens (tertiary/aromatic N) is 1. The van der Waals surface area contributed by atoms with Crippen LogP contribution in [0, 0.1) is 5.21 Å². The normalized spacial score (nSPS) is 14.2. The molecular formula is C15H8F3NO3. The van der Waals surface area contributed by atoms with Crippen molar-refractivity contribution in [1.29, 1.82) is 0 Å². The highest BCUT2D eigenvalue weighted by Gasteiger charge is 2.36. The van der Waals surface area contributed by atoms with Crippen LogP contribution in [0.5, 0.6) is 5.75 Å². The first-order chi connectivity index (χ1) is 10.4. The van der Waals surface area contributed by atoms with Crippen molar-refractivity contribution < 1.29 is 27.4 Å². The number of hydrogen-bond acceptors (Lipinski definition) is 3. The summed E-state index contributed by atoms with van der Waals surface area (Å²) in [5.74, 6) is -0.882. The molecule has 0 amide bonds. The van der Waals surface area contributed by atoms with Crippen LogP contribution in [0.2, 0.25) is 0 Å². The largest absolute Gasteiger partial charge is 0.618 e. The van der Waals surface area contributed by atoms with Gasteiger partial charge in [-0.1, -0.05) is 12.1 Å². The number of alkyl halides is 3. The highest BCUT2D eigenvalue weighted by molar-refractivity contribution is 6.52. The molecule has 3 rings (SSSR count). The minimum absolute atomic E-state index is 0.125. The fraction of sp³-hybridized carbons (Fsp3) is 0.0667. The van der Waals surface area contributed by atoms with E-state index in [4.69, 9.17) is 0 Å². The van der Waals surface area contributed by atoms with E-state index >= 15 is 0 Å². The molecule has 0 bridgehead atoms. The lowest BCUT2D eigenvalue weighted by Gasteiger charge is -2.08. The van der Waals surface area contributed by atoms with Crippen molar-refractivity contribution in [2.24, 2.45) is 0 Å². The van der Waals surface area contributed by atoms with Gasteiger partial charge in [-0.15, -0.1) is 13.2 Å². The van der Waals surface area contributed by atoms with E-state index in [2.05, 4.69) is 4.74 Å². The SMILES string of the molecule is O=C1C(c2ccc(OC(F)(F)F)cc2)=[N+]([O-])c2ccccc21. The van der Waals surface area contributed by atoms with Crippen LogP contribution in [0.25, 0.3) is 0 Å². The van der Waals surface area contributed by atoms with Gasteiger partial charge in [0, 0.05) is 6.07 Å². The van der Waals surface area contributed by atoms with Crippen LogP contribution in [0.4, 0.5) is 18.9 Å². The highest BCUT2D eigenvalue weighted by atomic mass is 19.4. The molecule has 4 nitrogen and oxygen atoms in total. The Morgan fingerprint density at radius 2 is 1.64 bits per heavy atom. The third-order valence-electron chi connectivity index (χ3n) is 3.15. The van der Waals surface area contributed by atoms with Gasteiger partial charge in [0.25, 0.3) is 11.5 Å². The number of Topliss-reactive ketones (excluding diaryl/α,β-unsaturated/α-hetero) is 1. The molecule has 22 heavy (non-hydrogen) atoms. The van der Waals surface area contributed by atoms with E-state index in [1.54, 1.807) is 12.1 Å². The summed E-state index contributed by atoms with van der Waals surface area (Å²) in [5.41, 5.74) is 0.590. The molecule has 1 aliphatic heterocycles. The Bertz CT molecular complexity index is 779. The van der Waals surface area contributed by atoms with E-state index in [1.165, 1.54) is 24.3 Å². The number of benzene rings is 2. The van der Waals surface area contributed by atoms with E-state index in [9.17, 15) is 23.2 Å². The first-order valence-corrected chi connectivity index (χ1v) is 6.21. The van der Waals surface area contributed by atoms with Gasteiger partial charge in [0.05, 0.1) is 5.56 Å². The Hall–Kier alpha value is -2.83. The molecule has 0 atom stereocenters. The minimum Gasteiger partial charge on any atom is -0.618 e. The van der Waals surface area contributed by atoms with Gasteiger partial charge >= 0.3 is 6.36 Å². The molecule has 0 saturated heterocycles. The number of rotatable bonds is 2. The van der Waals surface area contributed by atoms with E-state index in [0.717, 1.165) is 12.1 Å². The number of ketones is 1. The van der Waals surface area contributed by atoms with E-state index in [-0.39, 0.29) is 22.5 Å². The molecular weight excluding hydrogens is 299 g/mol. The van der Waals surface area contributed by atoms with Gasteiger partial charge in [0.15, 0.2) is 0 Å². The number of para-hydroxylation sites is 1. The van der Waals surface area contributed by atoms with Crippen LogP contribution in [0.3, 0.4) is 0 Å². The molecule has 0 N–H and O–H groups in total. The standard InChI is InChI=1S/C15H8F3NO3/c16-15(17,18)22-10-7-5-9(6-8-10)13-14(20)11-3-1-2-4-12(11)19(13)21/h1-8H. The molecule has 2 aromatic rings. The summed E-state index contributed by atoms with van der Waals surface area (Å²) in [7, 11) is 0. The van der Waals surface area contributed by atoms with Gasteiger partial charge < -0.3 is 9.94 Å². The monoisotopic (exact) mass is 307 g/mol. The third-order valence-corrected chi connectivity index (χ3v) is 3.15. The minimum atomic E-state index is -4.79. The number of carbonyl (C=O) groups excluding carboxylic acids is 1. The Morgan fingerprint density at radius 3 is 2.23 bits per heavy atom. The Morgan fingerprint density at radius 1 is 1.00 bits per heavy atom. The maximum Gasteiger partial charge on any atom is 0.573 e. The molecule has 0 aromatic heterocycles. The van der Waals surface area contributed by atoms with Crippen LogP contribution in [0.15, 0.2) is 48.5 Å². The predicted molar refractivity (Wildman–Crippen MR) is 71.3 cm³/mol. The summed E-state index contributed by atoms with van der Waals surface area (Å²) in [5, 5.41) is 12.2. The van der Waals surface area contributed by atoms with Crippen LogP contribution >= 0.6 is 0 Å². The zero-order chi connectivity index (χ0) is 15.9. The topological polar surface area (TPSA) is 52.4 Å². The van der Waals surface area contributed by atoms with Crippen molar-refractivity contribution in [3.63, 3.8) is 0 Å². The van der Waals surface area contributed by atoms with Gasteiger partial charge in [-0.3, -0.25) is 4.79 Å². The average Bonchev–Trinajstić information content (AvgIpc) is 2.71. The van der Waals surface area contributed by atoms with Crippen molar-refractivity contribution >= 4 is 17.2 Å². The Kier molecular flexibility index (Phi) is 3.13. The number of halogens is 3. The van der Waals surface area contributed by atoms with Crippen molar-refractivity contribution in [1.82, 2.24) is 0 Å². The molecule has 0 radical (unpaired) electrons. The molecule has 0 saturated carbocycles. The van der Waals surface area contributed by atoms with E-state index in [1.807, 2.05) is 0 Å². The molecule has 1 heterocycles. The fourth-order valence-electron chi connectivity index (χ4n) is 2.25. The number of hydrogen-bond donors (Lipinski definition) is 0. The van der Waals surface area contributed by atoms with Crippen LogP contribution in [-0.4, -0.2) is 22.6 Å². The molecule has 1 aliphatic rings. The van der Waals surface area contributed by atoms with Crippen molar-refractivity contribution in [3.8, 4) is 5.75 Å². The lowest BCUT2D eigenvalue weighted by Crippen LogP contribution is -2.18. The second-order valence-electron chi connectivity index (χ2n) is 4.56. The maximum atomic E-state index is 12.2. The van der Waals surface area contributed by atoms with E-state index < -0.39 is 17.9 Å². The molecule has 112 valence electrons. The molecule has 0 unspecified atom stereocenters. The smallest absolute Gasteiger partial charge is 0.573 e. The van der Waals surface area contributed by atoms with Gasteiger partial charge in [-0.2, -0.15) is 4.74 Å². The highest BCUT2D eigenvalue weighted by Crippen LogP contribution is 2.29. The number of carbonyl (C=O) groups is 1. The molecule has 2 aromatic carbocycles. The Labute approximate surface area is 122 Å². The number of ether oxygens (including phenoxy) is 1. The lowest BCUT2D eigenvalue weighted by molar-refractivity contribution is -0.355. The summed E-state index contributed by atoms with van der Waals surface area (Å²) < 4.78 is 40.6. The van der Waals surface area contributed by atoms with Crippen molar-refractivity contribution in [2.75, 3.05) is 0 Å². The molecule has 0 fully saturated rings. The van der Waals surface area contributed by atoms with Crippen LogP contribution in [-0.2, 0) is 0 Å². The zero-order valence-electron chi connectivity index (χ0n) is 10.9. The first kappa shape index (κ1) is 14.1. The second kappa shape index (κ2) is 4.87. The van der Waals surface area contributed by atoms with Crippen LogP contribution < -0.4 is 4.74 Å². The zero-order valence-corrected chi connectivity index (χ0v) is 10.9. The predicted octanol–water partition coefficient (Wildman–Crippen LogP) is 3.41. The third kappa shape index (κ3) is 2.41. The summed E-state index contributed by atoms with van der Waals surface area (Å²) in [6, 6.07) is 10.9. The summed E-state index contributed by atoms with van der Waals surface area (Å²) in [6.45, 7) is 0. The fourth-order valence-corrected chi connectivity index (χ4v) is 2.25. The van der Waals surface area contributed by atoms with E-state index in [0.29, 0.717) is 4.74 Å². The quantitative estimate of drug-likeness (QED) is 0.631. The average molecular weight is 307 g/mol. The van der Waals surface area contributed by atoms with Gasteiger partial charge in [-0.25, -0.2) is 0 Å².